The molecule has 0 atom stereocenters. The lowest BCUT2D eigenvalue weighted by atomic mass is 9.87. The highest BCUT2D eigenvalue weighted by Crippen LogP contribution is 2.24. The average molecular weight is 385 g/mol. The molecule has 0 fully saturated rings. The summed E-state index contributed by atoms with van der Waals surface area (Å²) in [4.78, 5) is 16.1. The summed E-state index contributed by atoms with van der Waals surface area (Å²) in [5.41, 5.74) is 0.642. The molecule has 0 unspecified atom stereocenters. The van der Waals surface area contributed by atoms with E-state index in [2.05, 4.69) is 10.1 Å². The standard InChI is InChI=1S/C19H19N3O4S/c1-19(2,3)18(23)14-4-10-17(11-5-14)27(24,25)26-16-8-6-15(7-9-16)22-13-20-12-21-22/h4-13H,1-3H3. The van der Waals surface area contributed by atoms with Crippen molar-refractivity contribution in [2.24, 2.45) is 5.41 Å². The molecule has 0 aliphatic carbocycles. The number of rotatable bonds is 5. The number of hydrogen-bond acceptors (Lipinski definition) is 6. The van der Waals surface area contributed by atoms with Gasteiger partial charge in [-0.15, -0.1) is 0 Å². The molecule has 0 bridgehead atoms. The first-order valence-corrected chi connectivity index (χ1v) is 9.62. The van der Waals surface area contributed by atoms with Crippen LogP contribution in [-0.2, 0) is 10.1 Å². The summed E-state index contributed by atoms with van der Waals surface area (Å²) in [6.07, 6.45) is 2.94. The second-order valence-electron chi connectivity index (χ2n) is 6.97. The van der Waals surface area contributed by atoms with Crippen LogP contribution in [-0.4, -0.2) is 29.0 Å². The smallest absolute Gasteiger partial charge is 0.339 e. The minimum absolute atomic E-state index is 0.0201. The Morgan fingerprint density at radius 1 is 1.00 bits per heavy atom. The first kappa shape index (κ1) is 18.8. The van der Waals surface area contributed by atoms with Crippen LogP contribution in [0, 0.1) is 5.41 Å². The van der Waals surface area contributed by atoms with Crippen molar-refractivity contribution in [3.63, 3.8) is 0 Å². The van der Waals surface area contributed by atoms with Crippen LogP contribution in [0.25, 0.3) is 5.69 Å². The molecule has 0 amide bonds. The minimum atomic E-state index is -4.00. The Bertz CT molecular complexity index is 1030. The Morgan fingerprint density at radius 3 is 2.15 bits per heavy atom. The summed E-state index contributed by atoms with van der Waals surface area (Å²) in [6, 6.07) is 12.2. The highest BCUT2D eigenvalue weighted by Gasteiger charge is 2.24. The molecule has 3 aromatic rings. The summed E-state index contributed by atoms with van der Waals surface area (Å²) in [7, 11) is -4.00. The van der Waals surface area contributed by atoms with E-state index in [4.69, 9.17) is 4.18 Å². The first-order chi connectivity index (χ1) is 12.7. The topological polar surface area (TPSA) is 91.2 Å². The third-order valence-electron chi connectivity index (χ3n) is 3.81. The van der Waals surface area contributed by atoms with E-state index in [0.717, 1.165) is 5.69 Å². The van der Waals surface area contributed by atoms with Gasteiger partial charge in [0.25, 0.3) is 0 Å². The van der Waals surface area contributed by atoms with E-state index in [9.17, 15) is 13.2 Å². The van der Waals surface area contributed by atoms with Crippen molar-refractivity contribution in [3.8, 4) is 11.4 Å². The number of nitrogens with zero attached hydrogens (tertiary/aromatic N) is 3. The Hall–Kier alpha value is -3.00. The lowest BCUT2D eigenvalue weighted by molar-refractivity contribution is 0.0858. The molecule has 0 spiro atoms. The highest BCUT2D eigenvalue weighted by molar-refractivity contribution is 7.87. The second kappa shape index (κ2) is 6.96. The van der Waals surface area contributed by atoms with Gasteiger partial charge in [-0.2, -0.15) is 13.5 Å². The molecule has 1 aromatic heterocycles. The monoisotopic (exact) mass is 385 g/mol. The van der Waals surface area contributed by atoms with E-state index in [1.54, 1.807) is 16.8 Å². The maximum Gasteiger partial charge on any atom is 0.339 e. The SMILES string of the molecule is CC(C)(C)C(=O)c1ccc(S(=O)(=O)Oc2ccc(-n3cncn3)cc2)cc1. The van der Waals surface area contributed by atoms with Gasteiger partial charge in [0.05, 0.1) is 5.69 Å². The Balaban J connectivity index is 1.77. The van der Waals surface area contributed by atoms with Gasteiger partial charge in [0.2, 0.25) is 0 Å². The molecular formula is C19H19N3O4S. The molecule has 0 saturated carbocycles. The fraction of sp³-hybridized carbons (Fsp3) is 0.211. The maximum absolute atomic E-state index is 12.5. The molecule has 0 aliphatic rings. The third-order valence-corrected chi connectivity index (χ3v) is 5.07. The fourth-order valence-corrected chi connectivity index (χ4v) is 3.31. The number of benzene rings is 2. The lowest BCUT2D eigenvalue weighted by Crippen LogP contribution is -2.20. The van der Waals surface area contributed by atoms with Gasteiger partial charge in [-0.25, -0.2) is 9.67 Å². The number of Topliss-reactive ketones (excluding diaryl/α,β-unsaturated/α-hetero) is 1. The quantitative estimate of drug-likeness (QED) is 0.494. The van der Waals surface area contributed by atoms with Gasteiger partial charge in [-0.3, -0.25) is 4.79 Å². The molecule has 140 valence electrons. The second-order valence-corrected chi connectivity index (χ2v) is 8.52. The Kier molecular flexibility index (Phi) is 4.84. The van der Waals surface area contributed by atoms with Gasteiger partial charge < -0.3 is 4.18 Å². The van der Waals surface area contributed by atoms with Crippen LogP contribution in [0.15, 0.2) is 66.1 Å². The summed E-state index contributed by atoms with van der Waals surface area (Å²) in [5.74, 6) is 0.116. The van der Waals surface area contributed by atoms with Crippen LogP contribution in [0.5, 0.6) is 5.75 Å². The zero-order valence-corrected chi connectivity index (χ0v) is 16.0. The van der Waals surface area contributed by atoms with Crippen molar-refractivity contribution in [2.45, 2.75) is 25.7 Å². The molecule has 0 N–H and O–H groups in total. The highest BCUT2D eigenvalue weighted by atomic mass is 32.2. The molecular weight excluding hydrogens is 366 g/mol. The minimum Gasteiger partial charge on any atom is -0.379 e. The Morgan fingerprint density at radius 2 is 1.63 bits per heavy atom. The van der Waals surface area contributed by atoms with E-state index in [1.807, 2.05) is 20.8 Å². The van der Waals surface area contributed by atoms with Crippen LogP contribution >= 0.6 is 0 Å². The van der Waals surface area contributed by atoms with E-state index < -0.39 is 15.5 Å². The molecule has 3 rings (SSSR count). The van der Waals surface area contributed by atoms with Crippen molar-refractivity contribution >= 4 is 15.9 Å². The molecule has 27 heavy (non-hydrogen) atoms. The molecule has 0 aliphatic heterocycles. The van der Waals surface area contributed by atoms with Crippen LogP contribution in [0.2, 0.25) is 0 Å². The van der Waals surface area contributed by atoms with Crippen LogP contribution in [0.4, 0.5) is 0 Å². The van der Waals surface area contributed by atoms with Crippen molar-refractivity contribution in [1.29, 1.82) is 0 Å². The van der Waals surface area contributed by atoms with E-state index in [1.165, 1.54) is 49.1 Å². The summed E-state index contributed by atoms with van der Waals surface area (Å²) < 4.78 is 31.6. The van der Waals surface area contributed by atoms with Crippen LogP contribution < -0.4 is 4.18 Å². The molecule has 1 heterocycles. The van der Waals surface area contributed by atoms with Crippen LogP contribution in [0.3, 0.4) is 0 Å². The normalized spacial score (nSPS) is 12.0. The molecule has 8 heteroatoms. The van der Waals surface area contributed by atoms with Gasteiger partial charge in [-0.1, -0.05) is 20.8 Å². The van der Waals surface area contributed by atoms with Crippen molar-refractivity contribution in [1.82, 2.24) is 14.8 Å². The van der Waals surface area contributed by atoms with E-state index >= 15 is 0 Å². The third kappa shape index (κ3) is 4.22. The van der Waals surface area contributed by atoms with Gasteiger partial charge in [0.15, 0.2) is 5.78 Å². The van der Waals surface area contributed by atoms with E-state index in [0.29, 0.717) is 5.56 Å². The predicted octanol–water partition coefficient (Wildman–Crippen LogP) is 3.26. The van der Waals surface area contributed by atoms with Crippen molar-refractivity contribution < 1.29 is 17.4 Å². The van der Waals surface area contributed by atoms with Gasteiger partial charge in [0.1, 0.15) is 23.3 Å². The van der Waals surface area contributed by atoms with Crippen LogP contribution in [0.1, 0.15) is 31.1 Å². The molecule has 0 saturated heterocycles. The van der Waals surface area contributed by atoms with Crippen molar-refractivity contribution in [3.05, 3.63) is 66.7 Å². The number of ketones is 1. The average Bonchev–Trinajstić information content (AvgIpc) is 3.15. The Labute approximate surface area is 157 Å². The lowest BCUT2D eigenvalue weighted by Gasteiger charge is -2.16. The van der Waals surface area contributed by atoms with Crippen molar-refractivity contribution in [2.75, 3.05) is 0 Å². The summed E-state index contributed by atoms with van der Waals surface area (Å²) in [6.45, 7) is 5.43. The number of carbonyl (C=O) groups excluding carboxylic acids is 1. The number of carbonyl (C=O) groups is 1. The molecule has 7 nitrogen and oxygen atoms in total. The summed E-state index contributed by atoms with van der Waals surface area (Å²) in [5, 5.41) is 4.00. The zero-order valence-electron chi connectivity index (χ0n) is 15.2. The first-order valence-electron chi connectivity index (χ1n) is 8.21. The number of aromatic nitrogens is 3. The predicted molar refractivity (Wildman–Crippen MR) is 99.4 cm³/mol. The maximum atomic E-state index is 12.5. The fourth-order valence-electron chi connectivity index (χ4n) is 2.38. The summed E-state index contributed by atoms with van der Waals surface area (Å²) >= 11 is 0. The zero-order chi connectivity index (χ0) is 19.7. The molecule has 2 aromatic carbocycles. The van der Waals surface area contributed by atoms with Gasteiger partial charge in [-0.05, 0) is 48.5 Å². The van der Waals surface area contributed by atoms with Gasteiger partial charge in [0, 0.05) is 11.0 Å². The van der Waals surface area contributed by atoms with E-state index in [-0.39, 0.29) is 16.4 Å². The van der Waals surface area contributed by atoms with Gasteiger partial charge >= 0.3 is 10.1 Å². The number of hydrogen-bond donors (Lipinski definition) is 0. The largest absolute Gasteiger partial charge is 0.379 e. The molecule has 0 radical (unpaired) electrons.